The van der Waals surface area contributed by atoms with Crippen LogP contribution in [0.3, 0.4) is 0 Å². The normalized spacial score (nSPS) is 11.6. The number of ether oxygens (including phenoxy) is 1. The molecule has 0 radical (unpaired) electrons. The lowest BCUT2D eigenvalue weighted by Gasteiger charge is -2.12. The van der Waals surface area contributed by atoms with E-state index in [4.69, 9.17) is 4.74 Å². The lowest BCUT2D eigenvalue weighted by molar-refractivity contribution is 0.329. The molecule has 0 fully saturated rings. The Kier molecular flexibility index (Phi) is 5.13. The van der Waals surface area contributed by atoms with Crippen LogP contribution in [0.15, 0.2) is 59.5 Å². The van der Waals surface area contributed by atoms with Crippen LogP contribution in [0.4, 0.5) is 5.82 Å². The summed E-state index contributed by atoms with van der Waals surface area (Å²) in [4.78, 5) is 8.88. The Morgan fingerprint density at radius 2 is 1.67 bits per heavy atom. The number of aromatic nitrogens is 4. The largest absolute Gasteiger partial charge is 0.475 e. The summed E-state index contributed by atoms with van der Waals surface area (Å²) < 4.78 is 35.7. The van der Waals surface area contributed by atoms with Gasteiger partial charge in [-0.05, 0) is 63.2 Å². The molecule has 1 N–H and O–H groups in total. The molecule has 0 amide bonds. The minimum atomic E-state index is -3.89. The quantitative estimate of drug-likeness (QED) is 0.508. The van der Waals surface area contributed by atoms with Crippen LogP contribution in [0.2, 0.25) is 0 Å². The van der Waals surface area contributed by atoms with E-state index in [1.54, 1.807) is 35.9 Å². The third-order valence-electron chi connectivity index (χ3n) is 4.45. The number of benzene rings is 2. The molecule has 2 aromatic heterocycles. The van der Waals surface area contributed by atoms with Crippen LogP contribution >= 0.6 is 0 Å². The van der Waals surface area contributed by atoms with Gasteiger partial charge in [0.25, 0.3) is 15.9 Å². The summed E-state index contributed by atoms with van der Waals surface area (Å²) >= 11 is 0. The molecule has 0 spiro atoms. The van der Waals surface area contributed by atoms with Gasteiger partial charge in [-0.3, -0.25) is 4.72 Å². The smallest absolute Gasteiger partial charge is 0.263 e. The minimum absolute atomic E-state index is 0.0539. The molecule has 0 aliphatic carbocycles. The number of sulfonamides is 1. The van der Waals surface area contributed by atoms with Gasteiger partial charge in [0.05, 0.1) is 33.9 Å². The Labute approximate surface area is 174 Å². The second-order valence-electron chi connectivity index (χ2n) is 6.74. The predicted molar refractivity (Wildman–Crippen MR) is 115 cm³/mol. The van der Waals surface area contributed by atoms with Gasteiger partial charge in [-0.2, -0.15) is 5.10 Å². The van der Waals surface area contributed by atoms with Gasteiger partial charge in [0, 0.05) is 5.69 Å². The summed E-state index contributed by atoms with van der Waals surface area (Å²) in [6, 6.07) is 15.6. The molecule has 0 atom stereocenters. The number of nitrogens with zero attached hydrogens (tertiary/aromatic N) is 4. The average Bonchev–Trinajstić information content (AvgIpc) is 3.06. The number of anilines is 1. The van der Waals surface area contributed by atoms with Crippen molar-refractivity contribution < 1.29 is 13.2 Å². The van der Waals surface area contributed by atoms with Gasteiger partial charge in [-0.25, -0.2) is 23.1 Å². The van der Waals surface area contributed by atoms with Gasteiger partial charge in [-0.1, -0.05) is 12.1 Å². The van der Waals surface area contributed by atoms with Crippen molar-refractivity contribution in [1.82, 2.24) is 19.7 Å². The maximum atomic E-state index is 13.0. The van der Waals surface area contributed by atoms with Crippen LogP contribution in [0.1, 0.15) is 18.3 Å². The monoisotopic (exact) mass is 423 g/mol. The molecule has 9 heteroatoms. The van der Waals surface area contributed by atoms with Crippen LogP contribution in [0.5, 0.6) is 5.88 Å². The SMILES string of the molecule is CCOc1nc2ccccc2nc1NS(=O)(=O)c1ccc(-n2nc(C)cc2C)cc1. The maximum absolute atomic E-state index is 13.0. The first-order valence-electron chi connectivity index (χ1n) is 9.43. The number of rotatable bonds is 6. The van der Waals surface area contributed by atoms with Crippen LogP contribution in [0, 0.1) is 13.8 Å². The van der Waals surface area contributed by atoms with Crippen molar-refractivity contribution in [2.24, 2.45) is 0 Å². The Hall–Kier alpha value is -3.46. The zero-order valence-corrected chi connectivity index (χ0v) is 17.6. The van der Waals surface area contributed by atoms with E-state index in [1.807, 2.05) is 32.0 Å². The fourth-order valence-corrected chi connectivity index (χ4v) is 4.13. The minimum Gasteiger partial charge on any atom is -0.475 e. The first-order valence-corrected chi connectivity index (χ1v) is 10.9. The highest BCUT2D eigenvalue weighted by Gasteiger charge is 2.20. The Balaban J connectivity index is 1.67. The summed E-state index contributed by atoms with van der Waals surface area (Å²) in [6.45, 7) is 5.98. The van der Waals surface area contributed by atoms with Crippen molar-refractivity contribution in [2.45, 2.75) is 25.7 Å². The standard InChI is InChI=1S/C21H21N5O3S/c1-4-29-21-20(22-18-7-5-6-8-19(18)23-21)25-30(27,28)17-11-9-16(10-12-17)26-15(3)13-14(2)24-26/h5-13H,4H2,1-3H3,(H,22,25). The van der Waals surface area contributed by atoms with Crippen molar-refractivity contribution in [3.05, 3.63) is 66.0 Å². The fraction of sp³-hybridized carbons (Fsp3) is 0.190. The Morgan fingerprint density at radius 1 is 1.00 bits per heavy atom. The molecule has 0 saturated heterocycles. The van der Waals surface area contributed by atoms with Crippen molar-refractivity contribution in [2.75, 3.05) is 11.3 Å². The van der Waals surface area contributed by atoms with Gasteiger partial charge in [0.15, 0.2) is 0 Å². The van der Waals surface area contributed by atoms with Crippen LogP contribution in [-0.4, -0.2) is 34.8 Å². The molecule has 2 heterocycles. The van der Waals surface area contributed by atoms with E-state index in [0.717, 1.165) is 17.1 Å². The van der Waals surface area contributed by atoms with Crippen LogP contribution < -0.4 is 9.46 Å². The third-order valence-corrected chi connectivity index (χ3v) is 5.81. The van der Waals surface area contributed by atoms with E-state index in [2.05, 4.69) is 19.8 Å². The molecule has 0 aliphatic rings. The topological polar surface area (TPSA) is 99.0 Å². The maximum Gasteiger partial charge on any atom is 0.263 e. The zero-order valence-electron chi connectivity index (χ0n) is 16.8. The van der Waals surface area contributed by atoms with Crippen molar-refractivity contribution in [3.63, 3.8) is 0 Å². The van der Waals surface area contributed by atoms with E-state index in [1.165, 1.54) is 12.1 Å². The second kappa shape index (κ2) is 7.75. The molecule has 0 unspecified atom stereocenters. The molecule has 4 aromatic rings. The number of fused-ring (bicyclic) bond motifs is 1. The van der Waals surface area contributed by atoms with Crippen molar-refractivity contribution in [1.29, 1.82) is 0 Å². The second-order valence-corrected chi connectivity index (χ2v) is 8.42. The Morgan fingerprint density at radius 3 is 2.27 bits per heavy atom. The summed E-state index contributed by atoms with van der Waals surface area (Å²) in [5.74, 6) is 0.192. The molecule has 0 aliphatic heterocycles. The lowest BCUT2D eigenvalue weighted by Crippen LogP contribution is -2.16. The first-order chi connectivity index (χ1) is 14.4. The van der Waals surface area contributed by atoms with Crippen LogP contribution in [0.25, 0.3) is 16.7 Å². The molecule has 8 nitrogen and oxygen atoms in total. The third kappa shape index (κ3) is 3.84. The summed E-state index contributed by atoms with van der Waals surface area (Å²) in [7, 11) is -3.89. The summed E-state index contributed by atoms with van der Waals surface area (Å²) in [6.07, 6.45) is 0. The number of para-hydroxylation sites is 2. The highest BCUT2D eigenvalue weighted by atomic mass is 32.2. The van der Waals surface area contributed by atoms with Gasteiger partial charge in [-0.15, -0.1) is 0 Å². The fourth-order valence-electron chi connectivity index (χ4n) is 3.13. The highest BCUT2D eigenvalue weighted by Crippen LogP contribution is 2.26. The molecule has 2 aromatic carbocycles. The molecule has 30 heavy (non-hydrogen) atoms. The van der Waals surface area contributed by atoms with Gasteiger partial charge < -0.3 is 4.74 Å². The molecule has 4 rings (SSSR count). The van der Waals surface area contributed by atoms with Gasteiger partial charge in [0.2, 0.25) is 5.82 Å². The van der Waals surface area contributed by atoms with E-state index in [0.29, 0.717) is 17.6 Å². The highest BCUT2D eigenvalue weighted by molar-refractivity contribution is 7.92. The summed E-state index contributed by atoms with van der Waals surface area (Å²) in [5.41, 5.74) is 3.83. The number of hydrogen-bond acceptors (Lipinski definition) is 6. The average molecular weight is 423 g/mol. The number of aryl methyl sites for hydroxylation is 2. The van der Waals surface area contributed by atoms with Crippen molar-refractivity contribution >= 4 is 26.9 Å². The molecular weight excluding hydrogens is 402 g/mol. The summed E-state index contributed by atoms with van der Waals surface area (Å²) in [5, 5.41) is 4.42. The number of nitrogens with one attached hydrogen (secondary N) is 1. The molecule has 0 saturated carbocycles. The van der Waals surface area contributed by atoms with E-state index >= 15 is 0 Å². The molecule has 0 bridgehead atoms. The first kappa shape index (κ1) is 19.8. The molecular formula is C21H21N5O3S. The molecule has 154 valence electrons. The van der Waals surface area contributed by atoms with E-state index in [9.17, 15) is 8.42 Å². The Bertz CT molecular complexity index is 1310. The van der Waals surface area contributed by atoms with Crippen LogP contribution in [-0.2, 0) is 10.0 Å². The van der Waals surface area contributed by atoms with Gasteiger partial charge >= 0.3 is 0 Å². The zero-order chi connectivity index (χ0) is 21.3. The number of hydrogen-bond donors (Lipinski definition) is 1. The van der Waals surface area contributed by atoms with Gasteiger partial charge in [0.1, 0.15) is 0 Å². The van der Waals surface area contributed by atoms with Crippen molar-refractivity contribution in [3.8, 4) is 11.6 Å². The van der Waals surface area contributed by atoms with E-state index in [-0.39, 0.29) is 16.6 Å². The predicted octanol–water partition coefficient (Wildman–Crippen LogP) is 3.63. The van der Waals surface area contributed by atoms with E-state index < -0.39 is 10.0 Å². The lowest BCUT2D eigenvalue weighted by atomic mass is 10.3.